The van der Waals surface area contributed by atoms with Gasteiger partial charge in [-0.15, -0.1) is 0 Å². The minimum atomic E-state index is -3.76. The molecular weight excluding hydrogens is 376 g/mol. The van der Waals surface area contributed by atoms with Crippen molar-refractivity contribution in [3.63, 3.8) is 0 Å². The standard InChI is InChI=1S/C17H24N2O5S2/c1-12-10-14(19-16(20)17(2,3)11-25(19,21)22)8-9-15(12)26(23,24)18-13-6-4-5-7-13/h8-10,13,18H,4-7,11H2,1-3H3. The van der Waals surface area contributed by atoms with Gasteiger partial charge in [0.25, 0.3) is 0 Å². The van der Waals surface area contributed by atoms with Gasteiger partial charge in [0, 0.05) is 6.04 Å². The number of anilines is 1. The van der Waals surface area contributed by atoms with Crippen molar-refractivity contribution in [2.24, 2.45) is 5.41 Å². The first-order valence-corrected chi connectivity index (χ1v) is 11.7. The van der Waals surface area contributed by atoms with E-state index in [-0.39, 0.29) is 22.4 Å². The molecule has 26 heavy (non-hydrogen) atoms. The molecule has 0 aromatic heterocycles. The second-order valence-corrected chi connectivity index (χ2v) is 11.3. The number of hydrogen-bond donors (Lipinski definition) is 1. The van der Waals surface area contributed by atoms with Gasteiger partial charge >= 0.3 is 0 Å². The van der Waals surface area contributed by atoms with Crippen molar-refractivity contribution >= 4 is 31.6 Å². The van der Waals surface area contributed by atoms with Crippen molar-refractivity contribution in [1.29, 1.82) is 0 Å². The Morgan fingerprint density at radius 2 is 1.81 bits per heavy atom. The quantitative estimate of drug-likeness (QED) is 0.832. The van der Waals surface area contributed by atoms with Crippen LogP contribution in [-0.2, 0) is 24.8 Å². The first kappa shape index (κ1) is 19.3. The summed E-state index contributed by atoms with van der Waals surface area (Å²) in [5, 5.41) is 0. The van der Waals surface area contributed by atoms with Gasteiger partial charge in [-0.2, -0.15) is 0 Å². The average Bonchev–Trinajstić information content (AvgIpc) is 3.02. The number of aryl methyl sites for hydroxylation is 1. The van der Waals surface area contributed by atoms with Crippen LogP contribution >= 0.6 is 0 Å². The monoisotopic (exact) mass is 400 g/mol. The van der Waals surface area contributed by atoms with Crippen LogP contribution in [0.1, 0.15) is 45.1 Å². The Morgan fingerprint density at radius 3 is 2.31 bits per heavy atom. The maximum absolute atomic E-state index is 12.6. The summed E-state index contributed by atoms with van der Waals surface area (Å²) in [6, 6.07) is 4.14. The smallest absolute Gasteiger partial charge is 0.247 e. The van der Waals surface area contributed by atoms with Gasteiger partial charge in [0.1, 0.15) is 0 Å². The summed E-state index contributed by atoms with van der Waals surface area (Å²) in [6.07, 6.45) is 3.67. The molecule has 1 amide bonds. The molecule has 2 aliphatic rings. The zero-order valence-electron chi connectivity index (χ0n) is 15.1. The second-order valence-electron chi connectivity index (χ2n) is 7.76. The van der Waals surface area contributed by atoms with Crippen molar-refractivity contribution in [2.45, 2.75) is 57.4 Å². The lowest BCUT2D eigenvalue weighted by Crippen LogP contribution is -2.34. The molecule has 1 N–H and O–H groups in total. The predicted octanol–water partition coefficient (Wildman–Crippen LogP) is 1.92. The highest BCUT2D eigenvalue weighted by Crippen LogP contribution is 2.36. The highest BCUT2D eigenvalue weighted by Gasteiger charge is 2.50. The molecular formula is C17H24N2O5S2. The summed E-state index contributed by atoms with van der Waals surface area (Å²) < 4.78 is 53.5. The van der Waals surface area contributed by atoms with Crippen LogP contribution in [0, 0.1) is 12.3 Å². The van der Waals surface area contributed by atoms with Crippen LogP contribution in [0.2, 0.25) is 0 Å². The molecule has 0 unspecified atom stereocenters. The molecule has 9 heteroatoms. The topological polar surface area (TPSA) is 101 Å². The van der Waals surface area contributed by atoms with Gasteiger partial charge in [-0.3, -0.25) is 4.79 Å². The lowest BCUT2D eigenvalue weighted by Gasteiger charge is -2.19. The second kappa shape index (κ2) is 6.31. The molecule has 0 bridgehead atoms. The third-order valence-electron chi connectivity index (χ3n) is 4.94. The average molecular weight is 401 g/mol. The summed E-state index contributed by atoms with van der Waals surface area (Å²) in [4.78, 5) is 12.6. The molecule has 2 fully saturated rings. The Kier molecular flexibility index (Phi) is 4.69. The van der Waals surface area contributed by atoms with Crippen molar-refractivity contribution < 1.29 is 21.6 Å². The number of amides is 1. The molecule has 0 atom stereocenters. The maximum Gasteiger partial charge on any atom is 0.247 e. The molecule has 1 aliphatic carbocycles. The molecule has 3 rings (SSSR count). The van der Waals surface area contributed by atoms with Crippen LogP contribution < -0.4 is 9.03 Å². The van der Waals surface area contributed by atoms with Gasteiger partial charge in [-0.05, 0) is 57.4 Å². The number of carbonyl (C=O) groups is 1. The molecule has 1 saturated carbocycles. The van der Waals surface area contributed by atoms with Gasteiger partial charge in [0.2, 0.25) is 26.0 Å². The van der Waals surface area contributed by atoms with Crippen molar-refractivity contribution in [3.05, 3.63) is 23.8 Å². The first-order chi connectivity index (χ1) is 11.9. The summed E-state index contributed by atoms with van der Waals surface area (Å²) in [7, 11) is -7.44. The fourth-order valence-corrected chi connectivity index (χ4v) is 7.28. The number of rotatable bonds is 4. The molecule has 144 valence electrons. The summed E-state index contributed by atoms with van der Waals surface area (Å²) in [6.45, 7) is 4.78. The van der Waals surface area contributed by atoms with E-state index in [9.17, 15) is 21.6 Å². The number of nitrogens with one attached hydrogen (secondary N) is 1. The summed E-state index contributed by atoms with van der Waals surface area (Å²) >= 11 is 0. The number of benzene rings is 1. The van der Waals surface area contributed by atoms with E-state index >= 15 is 0 Å². The lowest BCUT2D eigenvalue weighted by atomic mass is 9.95. The number of carbonyl (C=O) groups excluding carboxylic acids is 1. The Labute approximate surface area is 154 Å². The van der Waals surface area contributed by atoms with E-state index in [1.807, 2.05) is 0 Å². The van der Waals surface area contributed by atoms with Gasteiger partial charge < -0.3 is 0 Å². The minimum absolute atomic E-state index is 0.0552. The Bertz CT molecular complexity index is 945. The molecule has 1 aromatic rings. The van der Waals surface area contributed by atoms with Gasteiger partial charge in [-0.25, -0.2) is 25.9 Å². The molecule has 0 radical (unpaired) electrons. The van der Waals surface area contributed by atoms with E-state index in [0.717, 1.165) is 30.0 Å². The van der Waals surface area contributed by atoms with Crippen LogP contribution in [0.4, 0.5) is 5.69 Å². The predicted molar refractivity (Wildman–Crippen MR) is 98.8 cm³/mol. The third-order valence-corrected chi connectivity index (χ3v) is 8.64. The van der Waals surface area contributed by atoms with E-state index in [1.54, 1.807) is 20.8 Å². The van der Waals surface area contributed by atoms with Crippen LogP contribution in [-0.4, -0.2) is 34.5 Å². The Morgan fingerprint density at radius 1 is 1.19 bits per heavy atom. The fraction of sp³-hybridized carbons (Fsp3) is 0.588. The SMILES string of the molecule is Cc1cc(N2C(=O)C(C)(C)CS2(=O)=O)ccc1S(=O)(=O)NC1CCCC1. The van der Waals surface area contributed by atoms with Gasteiger partial charge in [-0.1, -0.05) is 12.8 Å². The highest BCUT2D eigenvalue weighted by molar-refractivity contribution is 7.94. The molecule has 0 spiro atoms. The van der Waals surface area contributed by atoms with Crippen LogP contribution in [0.3, 0.4) is 0 Å². The van der Waals surface area contributed by atoms with E-state index in [4.69, 9.17) is 0 Å². The normalized spacial score (nSPS) is 22.9. The maximum atomic E-state index is 12.6. The fourth-order valence-electron chi connectivity index (χ4n) is 3.65. The zero-order valence-corrected chi connectivity index (χ0v) is 16.8. The van der Waals surface area contributed by atoms with Crippen molar-refractivity contribution in [3.8, 4) is 0 Å². The van der Waals surface area contributed by atoms with Crippen LogP contribution in [0.15, 0.2) is 23.1 Å². The summed E-state index contributed by atoms with van der Waals surface area (Å²) in [5.41, 5.74) is -0.416. The Balaban J connectivity index is 1.94. The van der Waals surface area contributed by atoms with E-state index in [2.05, 4.69) is 4.72 Å². The minimum Gasteiger partial charge on any atom is -0.273 e. The van der Waals surface area contributed by atoms with Crippen LogP contribution in [0.25, 0.3) is 0 Å². The first-order valence-electron chi connectivity index (χ1n) is 8.64. The Hall–Kier alpha value is -1.45. The molecule has 1 saturated heterocycles. The number of sulfonamides is 2. The number of nitrogens with zero attached hydrogens (tertiary/aromatic N) is 1. The number of hydrogen-bond acceptors (Lipinski definition) is 5. The zero-order chi connectivity index (χ0) is 19.3. The van der Waals surface area contributed by atoms with E-state index < -0.39 is 31.4 Å². The van der Waals surface area contributed by atoms with Crippen LogP contribution in [0.5, 0.6) is 0 Å². The lowest BCUT2D eigenvalue weighted by molar-refractivity contribution is -0.123. The molecule has 1 heterocycles. The van der Waals surface area contributed by atoms with Crippen molar-refractivity contribution in [1.82, 2.24) is 4.72 Å². The van der Waals surface area contributed by atoms with E-state index in [1.165, 1.54) is 18.2 Å². The van der Waals surface area contributed by atoms with Gasteiger partial charge in [0.15, 0.2) is 0 Å². The van der Waals surface area contributed by atoms with Crippen molar-refractivity contribution in [2.75, 3.05) is 10.1 Å². The molecule has 7 nitrogen and oxygen atoms in total. The molecule has 1 aromatic carbocycles. The highest BCUT2D eigenvalue weighted by atomic mass is 32.2. The van der Waals surface area contributed by atoms with Gasteiger partial charge in [0.05, 0.1) is 21.8 Å². The summed E-state index contributed by atoms with van der Waals surface area (Å²) in [5.74, 6) is -0.766. The van der Waals surface area contributed by atoms with E-state index in [0.29, 0.717) is 5.56 Å². The largest absolute Gasteiger partial charge is 0.273 e. The molecule has 1 aliphatic heterocycles. The third kappa shape index (κ3) is 3.39.